The fraction of sp³-hybridized carbons (Fsp3) is 0.167. The molecule has 2 aromatic rings. The number of hydrogen-bond acceptors (Lipinski definition) is 3. The van der Waals surface area contributed by atoms with Crippen molar-refractivity contribution >= 4 is 25.3 Å². The first-order valence-corrected chi connectivity index (χ1v) is 5.64. The van der Waals surface area contributed by atoms with E-state index < -0.39 is 0 Å². The van der Waals surface area contributed by atoms with Crippen LogP contribution in [0.15, 0.2) is 36.4 Å². The maximum Gasteiger partial charge on any atom is 0.226 e. The molecule has 1 aliphatic heterocycles. The van der Waals surface area contributed by atoms with Crippen LogP contribution >= 0.6 is 9.24 Å². The largest absolute Gasteiger partial charge is 0.342 e. The van der Waals surface area contributed by atoms with Gasteiger partial charge in [-0.1, -0.05) is 36.4 Å². The maximum absolute atomic E-state index is 5.33. The van der Waals surface area contributed by atoms with Crippen molar-refractivity contribution in [2.75, 3.05) is 6.61 Å². The van der Waals surface area contributed by atoms with Crippen molar-refractivity contribution in [3.8, 4) is 5.75 Å². The molecule has 16 heavy (non-hydrogen) atoms. The van der Waals surface area contributed by atoms with Crippen LogP contribution in [0.2, 0.25) is 0 Å². The Hall–Kier alpha value is -1.15. The quantitative estimate of drug-likeness (QED) is 0.352. The molecule has 1 saturated heterocycles. The lowest BCUT2D eigenvalue weighted by Crippen LogP contribution is -2.06. The molecule has 0 aliphatic carbocycles. The summed E-state index contributed by atoms with van der Waals surface area (Å²) in [6.45, 7) is 0.608. The van der Waals surface area contributed by atoms with E-state index in [0.29, 0.717) is 6.61 Å². The van der Waals surface area contributed by atoms with Crippen molar-refractivity contribution in [2.45, 2.75) is 6.29 Å². The number of ether oxygens (including phenoxy) is 1. The van der Waals surface area contributed by atoms with Crippen LogP contribution in [-0.2, 0) is 9.62 Å². The van der Waals surface area contributed by atoms with E-state index in [4.69, 9.17) is 14.5 Å². The third-order valence-corrected chi connectivity index (χ3v) is 2.91. The minimum atomic E-state index is -0.205. The second kappa shape index (κ2) is 4.02. The van der Waals surface area contributed by atoms with Crippen LogP contribution in [0.4, 0.5) is 0 Å². The van der Waals surface area contributed by atoms with Crippen LogP contribution in [0.1, 0.15) is 0 Å². The molecule has 2 atom stereocenters. The minimum Gasteiger partial charge on any atom is -0.342 e. The van der Waals surface area contributed by atoms with Crippen LogP contribution in [0.3, 0.4) is 0 Å². The first-order valence-electron chi connectivity index (χ1n) is 5.07. The Kier molecular flexibility index (Phi) is 2.52. The monoisotopic (exact) mass is 234 g/mol. The van der Waals surface area contributed by atoms with Crippen molar-refractivity contribution in [1.29, 1.82) is 0 Å². The van der Waals surface area contributed by atoms with Gasteiger partial charge in [-0.3, -0.25) is 0 Å². The van der Waals surface area contributed by atoms with Gasteiger partial charge in [-0.2, -0.15) is 4.89 Å². The Bertz CT molecular complexity index is 523. The molecule has 0 amide bonds. The molecule has 0 N–H and O–H groups in total. The molecular weight excluding hydrogens is 223 g/mol. The zero-order valence-corrected chi connectivity index (χ0v) is 9.71. The van der Waals surface area contributed by atoms with Gasteiger partial charge < -0.3 is 9.62 Å². The summed E-state index contributed by atoms with van der Waals surface area (Å²) in [5.74, 6) is 0.735. The zero-order chi connectivity index (χ0) is 11.0. The summed E-state index contributed by atoms with van der Waals surface area (Å²) in [4.78, 5) is 10.4. The number of benzene rings is 2. The van der Waals surface area contributed by atoms with E-state index in [-0.39, 0.29) is 6.29 Å². The number of rotatable bonds is 3. The molecule has 1 aliphatic rings. The predicted molar refractivity (Wildman–Crippen MR) is 64.7 cm³/mol. The van der Waals surface area contributed by atoms with Gasteiger partial charge in [-0.15, -0.1) is 9.24 Å². The topological polar surface area (TPSA) is 31.0 Å². The molecule has 1 fully saturated rings. The van der Waals surface area contributed by atoms with Gasteiger partial charge in [0.1, 0.15) is 6.61 Å². The van der Waals surface area contributed by atoms with Gasteiger partial charge in [0.05, 0.1) is 0 Å². The third kappa shape index (κ3) is 1.90. The lowest BCUT2D eigenvalue weighted by Gasteiger charge is -2.09. The molecule has 1 heterocycles. The molecule has 0 saturated carbocycles. The Morgan fingerprint density at radius 2 is 2.00 bits per heavy atom. The summed E-state index contributed by atoms with van der Waals surface area (Å²) in [6.07, 6.45) is -0.205. The third-order valence-electron chi connectivity index (χ3n) is 2.45. The second-order valence-corrected chi connectivity index (χ2v) is 4.27. The Morgan fingerprint density at radius 1 is 1.19 bits per heavy atom. The molecule has 3 rings (SSSR count). The fourth-order valence-corrected chi connectivity index (χ4v) is 1.85. The maximum atomic E-state index is 5.33. The SMILES string of the molecule is Pc1ccc2ccccc2c1OOC1CO1. The summed E-state index contributed by atoms with van der Waals surface area (Å²) in [7, 11) is 2.64. The molecule has 82 valence electrons. The highest BCUT2D eigenvalue weighted by atomic mass is 31.0. The van der Waals surface area contributed by atoms with Gasteiger partial charge in [0.2, 0.25) is 6.29 Å². The predicted octanol–water partition coefficient (Wildman–Crippen LogP) is 2.01. The van der Waals surface area contributed by atoms with Crippen LogP contribution in [0.5, 0.6) is 5.75 Å². The van der Waals surface area contributed by atoms with Crippen molar-refractivity contribution in [1.82, 2.24) is 0 Å². The Balaban J connectivity index is 2.01. The highest BCUT2D eigenvalue weighted by Crippen LogP contribution is 2.26. The lowest BCUT2D eigenvalue weighted by molar-refractivity contribution is -0.238. The van der Waals surface area contributed by atoms with Gasteiger partial charge in [0, 0.05) is 10.7 Å². The highest BCUT2D eigenvalue weighted by molar-refractivity contribution is 7.27. The smallest absolute Gasteiger partial charge is 0.226 e. The van der Waals surface area contributed by atoms with Crippen LogP contribution in [0, 0.1) is 0 Å². The summed E-state index contributed by atoms with van der Waals surface area (Å²) in [5, 5.41) is 3.14. The summed E-state index contributed by atoms with van der Waals surface area (Å²) >= 11 is 0. The van der Waals surface area contributed by atoms with Crippen LogP contribution < -0.4 is 10.2 Å². The van der Waals surface area contributed by atoms with E-state index in [1.807, 2.05) is 30.3 Å². The van der Waals surface area contributed by atoms with Crippen LogP contribution in [0.25, 0.3) is 10.8 Å². The number of fused-ring (bicyclic) bond motifs is 1. The van der Waals surface area contributed by atoms with Crippen molar-refractivity contribution in [3.63, 3.8) is 0 Å². The average molecular weight is 234 g/mol. The molecule has 2 unspecified atom stereocenters. The van der Waals surface area contributed by atoms with Crippen molar-refractivity contribution in [3.05, 3.63) is 36.4 Å². The number of epoxide rings is 1. The van der Waals surface area contributed by atoms with E-state index in [2.05, 4.69) is 15.3 Å². The van der Waals surface area contributed by atoms with E-state index in [1.165, 1.54) is 0 Å². The highest BCUT2D eigenvalue weighted by Gasteiger charge is 2.26. The minimum absolute atomic E-state index is 0.205. The first kappa shape index (κ1) is 10.0. The van der Waals surface area contributed by atoms with Crippen LogP contribution in [-0.4, -0.2) is 12.9 Å². The van der Waals surface area contributed by atoms with Gasteiger partial charge in [0.15, 0.2) is 5.75 Å². The standard InChI is InChI=1S/C12H11O3P/c16-10-6-5-8-3-1-2-4-9(8)12(10)15-14-11-7-13-11/h1-6,11H,7,16H2. The Morgan fingerprint density at radius 3 is 2.81 bits per heavy atom. The van der Waals surface area contributed by atoms with Crippen molar-refractivity contribution in [2.24, 2.45) is 0 Å². The molecule has 0 spiro atoms. The molecular formula is C12H11O3P. The van der Waals surface area contributed by atoms with E-state index in [9.17, 15) is 0 Å². The number of hydrogen-bond donors (Lipinski definition) is 0. The molecule has 3 nitrogen and oxygen atoms in total. The zero-order valence-electron chi connectivity index (χ0n) is 8.55. The molecule has 4 heteroatoms. The van der Waals surface area contributed by atoms with E-state index in [1.54, 1.807) is 0 Å². The van der Waals surface area contributed by atoms with Gasteiger partial charge in [-0.25, -0.2) is 0 Å². The first-order chi connectivity index (χ1) is 7.84. The molecule has 0 aromatic heterocycles. The van der Waals surface area contributed by atoms with Gasteiger partial charge in [-0.05, 0) is 5.39 Å². The normalized spacial score (nSPS) is 18.7. The summed E-state index contributed by atoms with van der Waals surface area (Å²) < 4.78 is 4.93. The lowest BCUT2D eigenvalue weighted by atomic mass is 10.1. The average Bonchev–Trinajstić information content (AvgIpc) is 3.12. The summed E-state index contributed by atoms with van der Waals surface area (Å²) in [5.41, 5.74) is 0. The van der Waals surface area contributed by atoms with E-state index in [0.717, 1.165) is 21.8 Å². The van der Waals surface area contributed by atoms with E-state index >= 15 is 0 Å². The fourth-order valence-electron chi connectivity index (χ4n) is 1.55. The summed E-state index contributed by atoms with van der Waals surface area (Å²) in [6, 6.07) is 12.1. The molecule has 0 radical (unpaired) electrons. The van der Waals surface area contributed by atoms with Crippen molar-refractivity contribution < 1.29 is 14.5 Å². The van der Waals surface area contributed by atoms with Gasteiger partial charge >= 0.3 is 0 Å². The second-order valence-electron chi connectivity index (χ2n) is 3.65. The molecule has 2 aromatic carbocycles. The Labute approximate surface area is 95.4 Å². The molecule has 0 bridgehead atoms. The van der Waals surface area contributed by atoms with Gasteiger partial charge in [0.25, 0.3) is 0 Å².